The summed E-state index contributed by atoms with van der Waals surface area (Å²) in [7, 11) is 0. The highest BCUT2D eigenvalue weighted by atomic mass is 16.1. The summed E-state index contributed by atoms with van der Waals surface area (Å²) < 4.78 is 0. The van der Waals surface area contributed by atoms with Crippen molar-refractivity contribution in [3.05, 3.63) is 144 Å². The number of benzene rings is 5. The topological polar surface area (TPSA) is 37.4 Å². The van der Waals surface area contributed by atoms with Crippen molar-refractivity contribution in [1.29, 1.82) is 0 Å². The van der Waals surface area contributed by atoms with E-state index in [2.05, 4.69) is 29.2 Å². The average molecular weight is 454 g/mol. The molecule has 0 aromatic heterocycles. The van der Waals surface area contributed by atoms with Gasteiger partial charge in [0.2, 0.25) is 0 Å². The van der Waals surface area contributed by atoms with E-state index in [-0.39, 0.29) is 5.78 Å². The predicted octanol–water partition coefficient (Wildman–Crippen LogP) is 8.02. The molecule has 3 heteroatoms. The zero-order chi connectivity index (χ0) is 24.0. The van der Waals surface area contributed by atoms with E-state index < -0.39 is 0 Å². The van der Waals surface area contributed by atoms with E-state index in [0.29, 0.717) is 11.1 Å². The molecule has 0 aliphatic rings. The van der Waals surface area contributed by atoms with E-state index >= 15 is 0 Å². The molecule has 5 aromatic rings. The van der Waals surface area contributed by atoms with Crippen LogP contribution in [0.1, 0.15) is 26.3 Å². The summed E-state index contributed by atoms with van der Waals surface area (Å²) in [6.45, 7) is 0. The minimum atomic E-state index is -0.197. The van der Waals surface area contributed by atoms with E-state index in [4.69, 9.17) is 0 Å². The number of ketones is 1. The second-order valence-corrected chi connectivity index (χ2v) is 8.20. The van der Waals surface area contributed by atoms with Crippen LogP contribution in [0.5, 0.6) is 0 Å². The molecule has 0 N–H and O–H groups in total. The first-order chi connectivity index (χ1) is 17.2. The Kier molecular flexibility index (Phi) is 6.31. The third kappa shape index (κ3) is 4.80. The van der Waals surface area contributed by atoms with Gasteiger partial charge in [0, 0.05) is 28.2 Å². The van der Waals surface area contributed by atoms with Crippen LogP contribution < -0.4 is 4.90 Å². The van der Waals surface area contributed by atoms with Crippen LogP contribution in [0.3, 0.4) is 0 Å². The van der Waals surface area contributed by atoms with Gasteiger partial charge in [-0.1, -0.05) is 78.9 Å². The molecule has 0 radical (unpaired) electrons. The fraction of sp³-hybridized carbons (Fsp3) is 0. The SMILES string of the molecule is O=Cc1cc2ccccc2cc1C(=O)C=Cc1ccc(N(c2ccccc2)c2ccccc2)cc1. The summed E-state index contributed by atoms with van der Waals surface area (Å²) in [6, 6.07) is 39.7. The molecular weight excluding hydrogens is 430 g/mol. The summed E-state index contributed by atoms with van der Waals surface area (Å²) in [4.78, 5) is 26.7. The maximum atomic E-state index is 12.9. The van der Waals surface area contributed by atoms with Gasteiger partial charge in [0.1, 0.15) is 0 Å². The Morgan fingerprint density at radius 1 is 0.600 bits per heavy atom. The van der Waals surface area contributed by atoms with Crippen molar-refractivity contribution in [2.45, 2.75) is 0 Å². The van der Waals surface area contributed by atoms with Gasteiger partial charge in [0.05, 0.1) is 0 Å². The van der Waals surface area contributed by atoms with Gasteiger partial charge in [0.15, 0.2) is 12.1 Å². The number of allylic oxidation sites excluding steroid dienone is 1. The molecule has 0 bridgehead atoms. The molecular formula is C32H23NO2. The number of rotatable bonds is 7. The van der Waals surface area contributed by atoms with E-state index in [0.717, 1.165) is 39.7 Å². The molecule has 35 heavy (non-hydrogen) atoms. The number of carbonyl (C=O) groups excluding carboxylic acids is 2. The first-order valence-electron chi connectivity index (χ1n) is 11.4. The largest absolute Gasteiger partial charge is 0.311 e. The lowest BCUT2D eigenvalue weighted by molar-refractivity contribution is 0.103. The van der Waals surface area contributed by atoms with E-state index in [1.807, 2.05) is 84.9 Å². The normalized spacial score (nSPS) is 11.0. The Balaban J connectivity index is 1.42. The van der Waals surface area contributed by atoms with Gasteiger partial charge in [-0.25, -0.2) is 0 Å². The summed E-state index contributed by atoms with van der Waals surface area (Å²) in [6.07, 6.45) is 4.05. The molecule has 168 valence electrons. The molecule has 0 unspecified atom stereocenters. The quantitative estimate of drug-likeness (QED) is 0.142. The van der Waals surface area contributed by atoms with Crippen LogP contribution in [0.4, 0.5) is 17.1 Å². The molecule has 0 fully saturated rings. The number of hydrogen-bond acceptors (Lipinski definition) is 3. The van der Waals surface area contributed by atoms with E-state index in [1.54, 1.807) is 18.2 Å². The summed E-state index contributed by atoms with van der Waals surface area (Å²) in [5, 5.41) is 1.87. The fourth-order valence-corrected chi connectivity index (χ4v) is 4.17. The van der Waals surface area contributed by atoms with Crippen LogP contribution in [0.2, 0.25) is 0 Å². The van der Waals surface area contributed by atoms with Crippen molar-refractivity contribution in [1.82, 2.24) is 0 Å². The number of para-hydroxylation sites is 2. The third-order valence-corrected chi connectivity index (χ3v) is 5.92. The Morgan fingerprint density at radius 3 is 1.69 bits per heavy atom. The summed E-state index contributed by atoms with van der Waals surface area (Å²) in [5.74, 6) is -0.197. The average Bonchev–Trinajstić information content (AvgIpc) is 2.93. The third-order valence-electron chi connectivity index (χ3n) is 5.92. The van der Waals surface area contributed by atoms with Gasteiger partial charge < -0.3 is 4.90 Å². The lowest BCUT2D eigenvalue weighted by Gasteiger charge is -2.25. The Bertz CT molecular complexity index is 1470. The van der Waals surface area contributed by atoms with Gasteiger partial charge >= 0.3 is 0 Å². The second-order valence-electron chi connectivity index (χ2n) is 8.20. The van der Waals surface area contributed by atoms with Gasteiger partial charge in [0.25, 0.3) is 0 Å². The van der Waals surface area contributed by atoms with Crippen molar-refractivity contribution in [2.24, 2.45) is 0 Å². The molecule has 0 heterocycles. The molecule has 0 saturated carbocycles. The van der Waals surface area contributed by atoms with Crippen LogP contribution in [0.15, 0.2) is 127 Å². The minimum Gasteiger partial charge on any atom is -0.311 e. The number of fused-ring (bicyclic) bond motifs is 1. The van der Waals surface area contributed by atoms with Crippen LogP contribution >= 0.6 is 0 Å². The highest BCUT2D eigenvalue weighted by Crippen LogP contribution is 2.34. The number of anilines is 3. The molecule has 0 atom stereocenters. The van der Waals surface area contributed by atoms with Crippen molar-refractivity contribution >= 4 is 46.0 Å². The van der Waals surface area contributed by atoms with Crippen molar-refractivity contribution in [2.75, 3.05) is 4.90 Å². The highest BCUT2D eigenvalue weighted by molar-refractivity contribution is 6.13. The standard InChI is InChI=1S/C32H23NO2/c34-23-27-21-25-9-7-8-10-26(25)22-31(27)32(35)20-17-24-15-18-30(19-16-24)33(28-11-3-1-4-12-28)29-13-5-2-6-14-29/h1-23H. The van der Waals surface area contributed by atoms with Crippen LogP contribution in [-0.4, -0.2) is 12.1 Å². The Morgan fingerprint density at radius 2 is 1.11 bits per heavy atom. The van der Waals surface area contributed by atoms with Crippen molar-refractivity contribution in [3.63, 3.8) is 0 Å². The maximum Gasteiger partial charge on any atom is 0.186 e. The van der Waals surface area contributed by atoms with Crippen molar-refractivity contribution < 1.29 is 9.59 Å². The number of nitrogens with zero attached hydrogens (tertiary/aromatic N) is 1. The number of carbonyl (C=O) groups is 2. The summed E-state index contributed by atoms with van der Waals surface area (Å²) >= 11 is 0. The zero-order valence-electron chi connectivity index (χ0n) is 19.0. The van der Waals surface area contributed by atoms with Gasteiger partial charge in [-0.05, 0) is 70.9 Å². The molecule has 5 rings (SSSR count). The lowest BCUT2D eigenvalue weighted by Crippen LogP contribution is -2.09. The Labute approximate surface area is 204 Å². The fourth-order valence-electron chi connectivity index (χ4n) is 4.17. The summed E-state index contributed by atoms with van der Waals surface area (Å²) in [5.41, 5.74) is 4.85. The highest BCUT2D eigenvalue weighted by Gasteiger charge is 2.12. The van der Waals surface area contributed by atoms with Crippen LogP contribution in [0, 0.1) is 0 Å². The zero-order valence-corrected chi connectivity index (χ0v) is 19.0. The molecule has 0 aliphatic heterocycles. The van der Waals surface area contributed by atoms with Gasteiger partial charge in [-0.3, -0.25) is 9.59 Å². The number of aldehydes is 1. The lowest BCUT2D eigenvalue weighted by atomic mass is 9.98. The molecule has 0 aliphatic carbocycles. The van der Waals surface area contributed by atoms with E-state index in [1.165, 1.54) is 6.08 Å². The minimum absolute atomic E-state index is 0.197. The van der Waals surface area contributed by atoms with E-state index in [9.17, 15) is 9.59 Å². The van der Waals surface area contributed by atoms with Gasteiger partial charge in [-0.2, -0.15) is 0 Å². The molecule has 0 spiro atoms. The van der Waals surface area contributed by atoms with Gasteiger partial charge in [-0.15, -0.1) is 0 Å². The second kappa shape index (κ2) is 10.0. The smallest absolute Gasteiger partial charge is 0.186 e. The first kappa shape index (κ1) is 22.1. The molecule has 5 aromatic carbocycles. The van der Waals surface area contributed by atoms with Crippen LogP contribution in [-0.2, 0) is 0 Å². The molecule has 0 amide bonds. The monoisotopic (exact) mass is 453 g/mol. The number of hydrogen-bond donors (Lipinski definition) is 0. The Hall–Kier alpha value is -4.76. The van der Waals surface area contributed by atoms with Crippen LogP contribution in [0.25, 0.3) is 16.8 Å². The molecule has 0 saturated heterocycles. The maximum absolute atomic E-state index is 12.9. The van der Waals surface area contributed by atoms with Crippen molar-refractivity contribution in [3.8, 4) is 0 Å². The molecule has 3 nitrogen and oxygen atoms in total. The predicted molar refractivity (Wildman–Crippen MR) is 144 cm³/mol. The first-order valence-corrected chi connectivity index (χ1v) is 11.4.